The van der Waals surface area contributed by atoms with Crippen LogP contribution in [0.3, 0.4) is 0 Å². The van der Waals surface area contributed by atoms with Crippen LogP contribution < -0.4 is 5.32 Å². The summed E-state index contributed by atoms with van der Waals surface area (Å²) in [4.78, 5) is 8.47. The minimum Gasteiger partial charge on any atom is -0.394 e. The second kappa shape index (κ2) is 7.27. The molecule has 3 heterocycles. The van der Waals surface area contributed by atoms with Gasteiger partial charge in [-0.3, -0.25) is 4.68 Å². The Hall–Kier alpha value is -3.47. The first-order valence-electron chi connectivity index (χ1n) is 8.26. The molecule has 11 heteroatoms. The van der Waals surface area contributed by atoms with Crippen molar-refractivity contribution < 1.29 is 18.3 Å². The van der Waals surface area contributed by atoms with Crippen LogP contribution in [-0.4, -0.2) is 41.2 Å². The summed E-state index contributed by atoms with van der Waals surface area (Å²) in [6.45, 7) is -0.0289. The maximum atomic E-state index is 14.0. The van der Waals surface area contributed by atoms with E-state index < -0.39 is 23.0 Å². The summed E-state index contributed by atoms with van der Waals surface area (Å²) < 4.78 is 44.1. The fourth-order valence-electron chi connectivity index (χ4n) is 2.69. The molecule has 4 rings (SSSR count). The van der Waals surface area contributed by atoms with E-state index in [1.165, 1.54) is 23.3 Å². The predicted molar refractivity (Wildman–Crippen MR) is 93.3 cm³/mol. The number of nitrogens with one attached hydrogen (secondary N) is 1. The zero-order valence-electron chi connectivity index (χ0n) is 14.3. The summed E-state index contributed by atoms with van der Waals surface area (Å²) in [7, 11) is 0. The van der Waals surface area contributed by atoms with Crippen molar-refractivity contribution in [2.24, 2.45) is 0 Å². The van der Waals surface area contributed by atoms with Gasteiger partial charge >= 0.3 is 0 Å². The van der Waals surface area contributed by atoms with Gasteiger partial charge in [0, 0.05) is 18.0 Å². The Morgan fingerprint density at radius 2 is 1.86 bits per heavy atom. The number of aliphatic hydroxyl groups is 1. The Kier molecular flexibility index (Phi) is 4.65. The Labute approximate surface area is 156 Å². The quantitative estimate of drug-likeness (QED) is 0.491. The summed E-state index contributed by atoms with van der Waals surface area (Å²) in [6.07, 6.45) is 6.16. The smallest absolute Gasteiger partial charge is 0.229 e. The van der Waals surface area contributed by atoms with Gasteiger partial charge < -0.3 is 10.4 Å². The highest BCUT2D eigenvalue weighted by Gasteiger charge is 2.16. The van der Waals surface area contributed by atoms with E-state index in [4.69, 9.17) is 5.11 Å². The van der Waals surface area contributed by atoms with Crippen LogP contribution in [0.25, 0.3) is 11.0 Å². The van der Waals surface area contributed by atoms with Crippen LogP contribution in [0.15, 0.2) is 36.9 Å². The molecule has 0 amide bonds. The van der Waals surface area contributed by atoms with Crippen LogP contribution in [0.5, 0.6) is 0 Å². The molecule has 1 aromatic carbocycles. The van der Waals surface area contributed by atoms with Crippen molar-refractivity contribution in [2.45, 2.75) is 13.1 Å². The molecule has 8 nitrogen and oxygen atoms in total. The minimum atomic E-state index is -1.26. The van der Waals surface area contributed by atoms with Gasteiger partial charge in [-0.2, -0.15) is 15.2 Å². The van der Waals surface area contributed by atoms with E-state index >= 15 is 0 Å². The predicted octanol–water partition coefficient (Wildman–Crippen LogP) is 2.22. The van der Waals surface area contributed by atoms with E-state index in [0.717, 1.165) is 12.1 Å². The van der Waals surface area contributed by atoms with Crippen molar-refractivity contribution in [3.8, 4) is 0 Å². The number of benzene rings is 1. The number of hydrogen-bond acceptors (Lipinski definition) is 6. The molecule has 28 heavy (non-hydrogen) atoms. The fraction of sp³-hybridized carbons (Fsp3) is 0.176. The van der Waals surface area contributed by atoms with Gasteiger partial charge in [-0.1, -0.05) is 0 Å². The molecule has 0 saturated carbocycles. The molecule has 0 aliphatic rings. The molecule has 0 fully saturated rings. The average molecular weight is 389 g/mol. The van der Waals surface area contributed by atoms with Gasteiger partial charge in [-0.15, -0.1) is 0 Å². The van der Waals surface area contributed by atoms with Crippen LogP contribution in [0, 0.1) is 17.5 Å². The monoisotopic (exact) mass is 389 g/mol. The third kappa shape index (κ3) is 3.39. The van der Waals surface area contributed by atoms with Crippen molar-refractivity contribution in [2.75, 3.05) is 11.9 Å². The number of hydrogen-bond donors (Lipinski definition) is 2. The highest BCUT2D eigenvalue weighted by atomic mass is 19.2. The van der Waals surface area contributed by atoms with Crippen LogP contribution in [0.4, 0.5) is 24.8 Å². The summed E-state index contributed by atoms with van der Waals surface area (Å²) in [5.74, 6) is -3.04. The molecule has 0 aliphatic heterocycles. The number of aromatic nitrogens is 6. The molecular formula is C17H14F3N7O. The van der Waals surface area contributed by atoms with E-state index in [1.807, 2.05) is 0 Å². The zero-order chi connectivity index (χ0) is 19.7. The van der Waals surface area contributed by atoms with E-state index in [-0.39, 0.29) is 19.1 Å². The van der Waals surface area contributed by atoms with Crippen LogP contribution in [0.2, 0.25) is 0 Å². The molecule has 4 aromatic rings. The van der Waals surface area contributed by atoms with Gasteiger partial charge in [0.2, 0.25) is 5.95 Å². The number of halogens is 3. The van der Waals surface area contributed by atoms with Gasteiger partial charge in [0.05, 0.1) is 43.2 Å². The molecule has 0 unspecified atom stereocenters. The Bertz CT molecular complexity index is 1140. The molecule has 0 bridgehead atoms. The van der Waals surface area contributed by atoms with Crippen molar-refractivity contribution in [1.29, 1.82) is 0 Å². The highest BCUT2D eigenvalue weighted by Crippen LogP contribution is 2.20. The second-order valence-corrected chi connectivity index (χ2v) is 5.94. The van der Waals surface area contributed by atoms with Gasteiger partial charge in [0.15, 0.2) is 17.3 Å². The summed E-state index contributed by atoms with van der Waals surface area (Å²) >= 11 is 0. The first kappa shape index (κ1) is 17.9. The number of aliphatic hydroxyl groups excluding tert-OH is 1. The molecular weight excluding hydrogens is 375 g/mol. The third-order valence-electron chi connectivity index (χ3n) is 4.04. The molecule has 0 saturated heterocycles. The summed E-state index contributed by atoms with van der Waals surface area (Å²) in [6, 6.07) is 1.60. The number of anilines is 2. The maximum absolute atomic E-state index is 14.0. The number of rotatable bonds is 6. The molecule has 0 aliphatic carbocycles. The molecule has 0 spiro atoms. The fourth-order valence-corrected chi connectivity index (χ4v) is 2.69. The van der Waals surface area contributed by atoms with Crippen LogP contribution >= 0.6 is 0 Å². The van der Waals surface area contributed by atoms with E-state index in [2.05, 4.69) is 25.5 Å². The highest BCUT2D eigenvalue weighted by molar-refractivity contribution is 5.75. The van der Waals surface area contributed by atoms with Crippen LogP contribution in [0.1, 0.15) is 5.56 Å². The van der Waals surface area contributed by atoms with Gasteiger partial charge in [0.1, 0.15) is 5.82 Å². The number of fused-ring (bicyclic) bond motifs is 1. The van der Waals surface area contributed by atoms with Gasteiger partial charge in [0.25, 0.3) is 0 Å². The zero-order valence-corrected chi connectivity index (χ0v) is 14.3. The van der Waals surface area contributed by atoms with Gasteiger partial charge in [-0.25, -0.2) is 22.8 Å². The van der Waals surface area contributed by atoms with Crippen LogP contribution in [-0.2, 0) is 13.1 Å². The first-order valence-corrected chi connectivity index (χ1v) is 8.26. The molecule has 144 valence electrons. The van der Waals surface area contributed by atoms with Gasteiger partial charge in [-0.05, 0) is 12.1 Å². The standard InChI is InChI=1S/C17H14F3N7O/c18-13-1-2-14(19)15(20)12(13)9-27-16-10(6-23-27)5-21-17(25-16)24-11-7-22-26(8-11)3-4-28/h1-2,5-8,28H,3-4,9H2,(H,21,24,25). The number of nitrogens with zero attached hydrogens (tertiary/aromatic N) is 6. The maximum Gasteiger partial charge on any atom is 0.229 e. The lowest BCUT2D eigenvalue weighted by molar-refractivity contribution is 0.269. The third-order valence-corrected chi connectivity index (χ3v) is 4.04. The first-order chi connectivity index (χ1) is 13.5. The lowest BCUT2D eigenvalue weighted by atomic mass is 10.2. The summed E-state index contributed by atoms with van der Waals surface area (Å²) in [5.41, 5.74) is 0.479. The van der Waals surface area contributed by atoms with Crippen molar-refractivity contribution in [1.82, 2.24) is 29.5 Å². The Morgan fingerprint density at radius 3 is 2.68 bits per heavy atom. The molecule has 2 N–H and O–H groups in total. The molecule has 3 aromatic heterocycles. The van der Waals surface area contributed by atoms with E-state index in [1.54, 1.807) is 10.9 Å². The normalized spacial score (nSPS) is 11.3. The SMILES string of the molecule is OCCn1cc(Nc2ncc3cnn(Cc4c(F)ccc(F)c4F)c3n2)cn1. The minimum absolute atomic E-state index is 0.0457. The Balaban J connectivity index is 1.64. The Morgan fingerprint density at radius 1 is 1.04 bits per heavy atom. The van der Waals surface area contributed by atoms with Crippen molar-refractivity contribution in [3.05, 3.63) is 59.9 Å². The molecule has 0 radical (unpaired) electrons. The lowest BCUT2D eigenvalue weighted by Crippen LogP contribution is -2.09. The van der Waals surface area contributed by atoms with E-state index in [9.17, 15) is 13.2 Å². The van der Waals surface area contributed by atoms with Crippen molar-refractivity contribution >= 4 is 22.7 Å². The van der Waals surface area contributed by atoms with E-state index in [0.29, 0.717) is 23.3 Å². The second-order valence-electron chi connectivity index (χ2n) is 5.94. The largest absolute Gasteiger partial charge is 0.394 e. The lowest BCUT2D eigenvalue weighted by Gasteiger charge is -2.07. The topological polar surface area (TPSA) is 93.7 Å². The molecule has 0 atom stereocenters. The average Bonchev–Trinajstić information content (AvgIpc) is 3.29. The summed E-state index contributed by atoms with van der Waals surface area (Å²) in [5, 5.41) is 20.6. The van der Waals surface area contributed by atoms with Crippen molar-refractivity contribution in [3.63, 3.8) is 0 Å².